The molecule has 0 amide bonds. The Bertz CT molecular complexity index is 1140. The van der Waals surface area contributed by atoms with Crippen molar-refractivity contribution >= 4 is 28.7 Å². The minimum Gasteiger partial charge on any atom is -0.493 e. The first-order chi connectivity index (χ1) is 14.0. The second kappa shape index (κ2) is 7.80. The van der Waals surface area contributed by atoms with Gasteiger partial charge in [0.2, 0.25) is 5.90 Å². The molecule has 1 aliphatic rings. The number of fused-ring (bicyclic) bond motifs is 1. The normalized spacial score (nSPS) is 15.0. The van der Waals surface area contributed by atoms with E-state index in [0.29, 0.717) is 17.4 Å². The van der Waals surface area contributed by atoms with Crippen molar-refractivity contribution < 1.29 is 19.0 Å². The molecule has 1 aliphatic heterocycles. The molecule has 3 aromatic rings. The van der Waals surface area contributed by atoms with Crippen molar-refractivity contribution in [3.05, 3.63) is 77.5 Å². The molecule has 0 unspecified atom stereocenters. The van der Waals surface area contributed by atoms with Crippen LogP contribution in [-0.2, 0) is 9.53 Å². The van der Waals surface area contributed by atoms with Gasteiger partial charge in [0.15, 0.2) is 17.2 Å². The Kier molecular flexibility index (Phi) is 5.04. The molecular formula is C24H21NO4. The number of hydrogen-bond donors (Lipinski definition) is 0. The summed E-state index contributed by atoms with van der Waals surface area (Å²) in [4.78, 5) is 16.7. The quantitative estimate of drug-likeness (QED) is 0.458. The average molecular weight is 387 g/mol. The van der Waals surface area contributed by atoms with Crippen molar-refractivity contribution in [3.8, 4) is 11.5 Å². The average Bonchev–Trinajstić information content (AvgIpc) is 3.08. The summed E-state index contributed by atoms with van der Waals surface area (Å²) < 4.78 is 16.5. The molecule has 0 saturated carbocycles. The molecule has 0 radical (unpaired) electrons. The molecule has 5 nitrogen and oxygen atoms in total. The molecule has 1 heterocycles. The summed E-state index contributed by atoms with van der Waals surface area (Å²) in [6, 6.07) is 19.3. The summed E-state index contributed by atoms with van der Waals surface area (Å²) >= 11 is 0. The number of hydrogen-bond acceptors (Lipinski definition) is 5. The van der Waals surface area contributed by atoms with E-state index in [9.17, 15) is 4.79 Å². The SMILES string of the molecule is COc1cc(C=C2N=C(c3ccc4ccccc4c3)OC2=O)ccc1OC(C)C. The number of benzene rings is 3. The molecule has 29 heavy (non-hydrogen) atoms. The minimum absolute atomic E-state index is 0.0343. The number of methoxy groups -OCH3 is 1. The fourth-order valence-electron chi connectivity index (χ4n) is 3.14. The summed E-state index contributed by atoms with van der Waals surface area (Å²) in [5.74, 6) is 1.07. The summed E-state index contributed by atoms with van der Waals surface area (Å²) in [6.07, 6.45) is 1.71. The Morgan fingerprint density at radius 1 is 0.966 bits per heavy atom. The van der Waals surface area contributed by atoms with Crippen LogP contribution < -0.4 is 9.47 Å². The van der Waals surface area contributed by atoms with Gasteiger partial charge in [0.05, 0.1) is 13.2 Å². The number of rotatable bonds is 5. The number of ether oxygens (including phenoxy) is 3. The monoisotopic (exact) mass is 387 g/mol. The number of aliphatic imine (C=N–C) groups is 1. The summed E-state index contributed by atoms with van der Waals surface area (Å²) in [5, 5.41) is 2.18. The van der Waals surface area contributed by atoms with Crippen molar-refractivity contribution in [3.63, 3.8) is 0 Å². The van der Waals surface area contributed by atoms with Crippen LogP contribution in [0.4, 0.5) is 0 Å². The standard InChI is InChI=1S/C24H21NO4/c1-15(2)28-21-11-8-16(13-22(21)27-3)12-20-24(26)29-23(25-20)19-10-9-17-6-4-5-7-18(17)14-19/h4-15H,1-3H3. The van der Waals surface area contributed by atoms with Gasteiger partial charge in [0, 0.05) is 5.56 Å². The molecule has 0 bridgehead atoms. The van der Waals surface area contributed by atoms with Crippen molar-refractivity contribution in [2.75, 3.05) is 7.11 Å². The minimum atomic E-state index is -0.477. The summed E-state index contributed by atoms with van der Waals surface area (Å²) in [6.45, 7) is 3.90. The predicted octanol–water partition coefficient (Wildman–Crippen LogP) is 4.98. The van der Waals surface area contributed by atoms with Gasteiger partial charge in [-0.1, -0.05) is 36.4 Å². The first-order valence-electron chi connectivity index (χ1n) is 9.40. The van der Waals surface area contributed by atoms with Crippen LogP contribution in [0.25, 0.3) is 16.8 Å². The lowest BCUT2D eigenvalue weighted by molar-refractivity contribution is -0.129. The van der Waals surface area contributed by atoms with Crippen molar-refractivity contribution in [2.45, 2.75) is 20.0 Å². The lowest BCUT2D eigenvalue weighted by Gasteiger charge is -2.13. The van der Waals surface area contributed by atoms with E-state index in [1.54, 1.807) is 13.2 Å². The lowest BCUT2D eigenvalue weighted by atomic mass is 10.1. The van der Waals surface area contributed by atoms with Crippen LogP contribution in [0.5, 0.6) is 11.5 Å². The predicted molar refractivity (Wildman–Crippen MR) is 113 cm³/mol. The Hall–Kier alpha value is -3.60. The van der Waals surface area contributed by atoms with Gasteiger partial charge in [-0.05, 0) is 60.5 Å². The van der Waals surface area contributed by atoms with Crippen molar-refractivity contribution in [1.82, 2.24) is 0 Å². The molecule has 0 spiro atoms. The largest absolute Gasteiger partial charge is 0.493 e. The fraction of sp³-hybridized carbons (Fsp3) is 0.167. The zero-order chi connectivity index (χ0) is 20.4. The zero-order valence-corrected chi connectivity index (χ0v) is 16.5. The van der Waals surface area contributed by atoms with Gasteiger partial charge >= 0.3 is 5.97 Å². The van der Waals surface area contributed by atoms with Crippen LogP contribution in [-0.4, -0.2) is 25.1 Å². The molecule has 3 aromatic carbocycles. The van der Waals surface area contributed by atoms with Gasteiger partial charge in [-0.15, -0.1) is 0 Å². The van der Waals surface area contributed by atoms with Crippen LogP contribution in [0.15, 0.2) is 71.4 Å². The number of nitrogens with zero attached hydrogens (tertiary/aromatic N) is 1. The number of carbonyl (C=O) groups excluding carboxylic acids is 1. The van der Waals surface area contributed by atoms with Gasteiger partial charge in [-0.2, -0.15) is 0 Å². The maximum Gasteiger partial charge on any atom is 0.363 e. The van der Waals surface area contributed by atoms with Gasteiger partial charge in [0.25, 0.3) is 0 Å². The first-order valence-corrected chi connectivity index (χ1v) is 9.40. The second-order valence-electron chi connectivity index (χ2n) is 6.97. The van der Waals surface area contributed by atoms with E-state index in [-0.39, 0.29) is 11.8 Å². The topological polar surface area (TPSA) is 57.1 Å². The summed E-state index contributed by atoms with van der Waals surface area (Å²) in [7, 11) is 1.58. The third-order valence-corrected chi connectivity index (χ3v) is 4.47. The van der Waals surface area contributed by atoms with Crippen LogP contribution in [0.2, 0.25) is 0 Å². The number of carbonyl (C=O) groups is 1. The summed E-state index contributed by atoms with van der Waals surface area (Å²) in [5.41, 5.74) is 1.78. The molecule has 0 aliphatic carbocycles. The molecule has 0 N–H and O–H groups in total. The van der Waals surface area contributed by atoms with Gasteiger partial charge in [0.1, 0.15) is 0 Å². The number of esters is 1. The van der Waals surface area contributed by atoms with E-state index >= 15 is 0 Å². The Labute approximate surface area is 169 Å². The molecule has 5 heteroatoms. The fourth-order valence-corrected chi connectivity index (χ4v) is 3.14. The first kappa shape index (κ1) is 18.7. The highest BCUT2D eigenvalue weighted by Gasteiger charge is 2.24. The van der Waals surface area contributed by atoms with E-state index < -0.39 is 5.97 Å². The van der Waals surface area contributed by atoms with E-state index in [4.69, 9.17) is 14.2 Å². The van der Waals surface area contributed by atoms with Crippen LogP contribution in [0.3, 0.4) is 0 Å². The van der Waals surface area contributed by atoms with E-state index in [2.05, 4.69) is 4.99 Å². The molecule has 4 rings (SSSR count). The molecule has 0 fully saturated rings. The molecule has 0 atom stereocenters. The lowest BCUT2D eigenvalue weighted by Crippen LogP contribution is -2.06. The highest BCUT2D eigenvalue weighted by atomic mass is 16.6. The van der Waals surface area contributed by atoms with Crippen LogP contribution in [0, 0.1) is 0 Å². The third-order valence-electron chi connectivity index (χ3n) is 4.47. The van der Waals surface area contributed by atoms with E-state index in [0.717, 1.165) is 21.9 Å². The van der Waals surface area contributed by atoms with E-state index in [1.165, 1.54) is 0 Å². The molecule has 0 aromatic heterocycles. The molecule has 146 valence electrons. The van der Waals surface area contributed by atoms with Crippen LogP contribution >= 0.6 is 0 Å². The maximum atomic E-state index is 12.3. The highest BCUT2D eigenvalue weighted by Crippen LogP contribution is 2.30. The number of cyclic esters (lactones) is 1. The van der Waals surface area contributed by atoms with Gasteiger partial charge < -0.3 is 14.2 Å². The zero-order valence-electron chi connectivity index (χ0n) is 16.5. The van der Waals surface area contributed by atoms with Crippen molar-refractivity contribution in [2.24, 2.45) is 4.99 Å². The Morgan fingerprint density at radius 2 is 1.76 bits per heavy atom. The Balaban J connectivity index is 1.65. The smallest absolute Gasteiger partial charge is 0.363 e. The van der Waals surface area contributed by atoms with Gasteiger partial charge in [-0.3, -0.25) is 0 Å². The third kappa shape index (κ3) is 3.99. The van der Waals surface area contributed by atoms with Crippen molar-refractivity contribution in [1.29, 1.82) is 0 Å². The Morgan fingerprint density at radius 3 is 2.52 bits per heavy atom. The highest BCUT2D eigenvalue weighted by molar-refractivity contribution is 6.13. The van der Waals surface area contributed by atoms with Gasteiger partial charge in [-0.25, -0.2) is 9.79 Å². The second-order valence-corrected chi connectivity index (χ2v) is 6.97. The molecular weight excluding hydrogens is 366 g/mol. The molecule has 0 saturated heterocycles. The maximum absolute atomic E-state index is 12.3. The van der Waals surface area contributed by atoms with E-state index in [1.807, 2.05) is 74.5 Å². The van der Waals surface area contributed by atoms with Crippen LogP contribution in [0.1, 0.15) is 25.0 Å².